The van der Waals surface area contributed by atoms with Crippen LogP contribution in [-0.4, -0.2) is 62.6 Å². The van der Waals surface area contributed by atoms with Crippen LogP contribution in [0.4, 0.5) is 0 Å². The van der Waals surface area contributed by atoms with Crippen LogP contribution in [0.3, 0.4) is 0 Å². The van der Waals surface area contributed by atoms with Gasteiger partial charge in [-0.15, -0.1) is 0 Å². The highest BCUT2D eigenvalue weighted by Gasteiger charge is 2.21. The first kappa shape index (κ1) is 32.4. The number of aliphatic imine (C=N–C) groups is 2. The quantitative estimate of drug-likeness (QED) is 0.122. The Kier molecular flexibility index (Phi) is 15.7. The van der Waals surface area contributed by atoms with Gasteiger partial charge in [-0.1, -0.05) is 76.2 Å². The Bertz CT molecular complexity index is 873. The number of likely N-dealkylation sites (N-methyl/N-ethyl adjacent to an activating group) is 1. The fourth-order valence-electron chi connectivity index (χ4n) is 2.90. The first-order chi connectivity index (χ1) is 16.4. The minimum absolute atomic E-state index is 0.154. The second-order valence-electron chi connectivity index (χ2n) is 9.13. The van der Waals surface area contributed by atoms with E-state index in [-0.39, 0.29) is 5.54 Å². The van der Waals surface area contributed by atoms with E-state index in [0.717, 1.165) is 59.1 Å². The van der Waals surface area contributed by atoms with Gasteiger partial charge in [-0.05, 0) is 65.4 Å². The molecule has 0 bridgehead atoms. The zero-order valence-corrected chi connectivity index (χ0v) is 24.0. The Morgan fingerprint density at radius 3 is 2.34 bits per heavy atom. The Balaban J connectivity index is 0.00000267. The third kappa shape index (κ3) is 13.2. The van der Waals surface area contributed by atoms with E-state index in [2.05, 4.69) is 79.9 Å². The number of nitrogens with one attached hydrogen (secondary N) is 1. The van der Waals surface area contributed by atoms with Gasteiger partial charge < -0.3 is 15.1 Å². The van der Waals surface area contributed by atoms with Gasteiger partial charge in [0.15, 0.2) is 0 Å². The first-order valence-corrected chi connectivity index (χ1v) is 12.8. The molecule has 1 atom stereocenters. The van der Waals surface area contributed by atoms with Crippen LogP contribution in [-0.2, 0) is 0 Å². The molecule has 194 valence electrons. The predicted octanol–water partition coefficient (Wildman–Crippen LogP) is 6.94. The lowest BCUT2D eigenvalue weighted by Crippen LogP contribution is -2.21. The van der Waals surface area contributed by atoms with Crippen LogP contribution in [0.15, 0.2) is 93.6 Å². The molecule has 1 N–H and O–H groups in total. The molecular weight excluding hydrogens is 450 g/mol. The number of nitrogens with zero attached hydrogens (tertiary/aromatic N) is 4. The van der Waals surface area contributed by atoms with Gasteiger partial charge in [0.05, 0.1) is 22.5 Å². The molecular formula is C29H47N5S. The number of rotatable bonds is 14. The zero-order valence-electron chi connectivity index (χ0n) is 23.2. The number of thioether (sulfide) groups is 1. The lowest BCUT2D eigenvalue weighted by atomic mass is 9.90. The summed E-state index contributed by atoms with van der Waals surface area (Å²) in [4.78, 5) is 14.1. The summed E-state index contributed by atoms with van der Waals surface area (Å²) >= 11 is 1.63. The van der Waals surface area contributed by atoms with Gasteiger partial charge in [-0.2, -0.15) is 0 Å². The van der Waals surface area contributed by atoms with Crippen LogP contribution in [0.5, 0.6) is 0 Å². The van der Waals surface area contributed by atoms with Crippen molar-refractivity contribution in [2.75, 3.05) is 34.7 Å². The third-order valence-corrected chi connectivity index (χ3v) is 6.42. The summed E-state index contributed by atoms with van der Waals surface area (Å²) in [5, 5.41) is 4.28. The van der Waals surface area contributed by atoms with E-state index in [1.54, 1.807) is 24.3 Å². The van der Waals surface area contributed by atoms with Gasteiger partial charge in [0.25, 0.3) is 0 Å². The summed E-state index contributed by atoms with van der Waals surface area (Å²) in [5.41, 5.74) is 4.04. The average Bonchev–Trinajstić information content (AvgIpc) is 3.08. The smallest absolute Gasteiger partial charge is 0.110 e. The molecule has 1 aliphatic heterocycles. The molecule has 0 radical (unpaired) electrons. The van der Waals surface area contributed by atoms with Crippen molar-refractivity contribution in [3.05, 3.63) is 83.6 Å². The van der Waals surface area contributed by atoms with Crippen molar-refractivity contribution >= 4 is 24.3 Å². The molecule has 0 saturated carbocycles. The normalized spacial score (nSPS) is 15.9. The second kappa shape index (κ2) is 17.0. The van der Waals surface area contributed by atoms with Crippen LogP contribution in [0.1, 0.15) is 46.5 Å². The van der Waals surface area contributed by atoms with Gasteiger partial charge in [0, 0.05) is 24.2 Å². The van der Waals surface area contributed by atoms with Crippen LogP contribution in [0.2, 0.25) is 0 Å². The molecule has 0 amide bonds. The summed E-state index contributed by atoms with van der Waals surface area (Å²) in [7, 11) is 8.01. The molecule has 35 heavy (non-hydrogen) atoms. The molecule has 1 heterocycles. The summed E-state index contributed by atoms with van der Waals surface area (Å²) in [6, 6.07) is 0. The van der Waals surface area contributed by atoms with E-state index in [0.29, 0.717) is 0 Å². The molecule has 0 fully saturated rings. The molecule has 0 aromatic rings. The summed E-state index contributed by atoms with van der Waals surface area (Å²) in [5.74, 6) is 0. The Labute approximate surface area is 219 Å². The lowest BCUT2D eigenvalue weighted by molar-refractivity contribution is 0.449. The molecule has 0 spiro atoms. The van der Waals surface area contributed by atoms with E-state index in [1.165, 1.54) is 5.57 Å². The van der Waals surface area contributed by atoms with Crippen LogP contribution in [0, 0.1) is 0 Å². The SMILES string of the molecule is C=CC1=C(/C=C(\C=C)CCNC(=C)C=NC=NC(C)(CC)CC(=C)CC)N(C)C(=C)S1.CN(C)C. The van der Waals surface area contributed by atoms with Crippen molar-refractivity contribution in [2.24, 2.45) is 9.98 Å². The van der Waals surface area contributed by atoms with E-state index in [1.807, 2.05) is 45.2 Å². The molecule has 1 unspecified atom stereocenters. The minimum atomic E-state index is -0.154. The van der Waals surface area contributed by atoms with Crippen LogP contribution >= 0.6 is 11.8 Å². The predicted molar refractivity (Wildman–Crippen MR) is 161 cm³/mol. The molecule has 1 rings (SSSR count). The second-order valence-corrected chi connectivity index (χ2v) is 10.2. The van der Waals surface area contributed by atoms with Crippen LogP contribution < -0.4 is 5.32 Å². The Morgan fingerprint density at radius 2 is 1.83 bits per heavy atom. The van der Waals surface area contributed by atoms with Gasteiger partial charge in [0.2, 0.25) is 0 Å². The molecule has 1 aliphatic rings. The number of hydrogen-bond donors (Lipinski definition) is 1. The highest BCUT2D eigenvalue weighted by atomic mass is 32.2. The standard InChI is InChI=1S/C26H38N4S.C3H9N/c1-10-20(5)17-26(8,13-4)29-19-27-18-21(6)28-15-14-23(11-2)16-24-25(12-3)31-22(7)30(24)9;1-4(2)3/h11-12,16,18-19,28H,2-3,5-7,10,13-15,17H2,1,4,8-9H3;1-3H3/b23-16+,27-18?,29-19?;. The monoisotopic (exact) mass is 497 g/mol. The molecule has 0 aromatic carbocycles. The van der Waals surface area contributed by atoms with Crippen molar-refractivity contribution in [3.8, 4) is 0 Å². The van der Waals surface area contributed by atoms with Gasteiger partial charge in [0.1, 0.15) is 6.34 Å². The lowest BCUT2D eigenvalue weighted by Gasteiger charge is -2.23. The van der Waals surface area contributed by atoms with E-state index >= 15 is 0 Å². The largest absolute Gasteiger partial charge is 0.384 e. The zero-order chi connectivity index (χ0) is 27.0. The van der Waals surface area contributed by atoms with Crippen molar-refractivity contribution in [1.29, 1.82) is 0 Å². The fourth-order valence-corrected chi connectivity index (χ4v) is 3.78. The maximum absolute atomic E-state index is 4.64. The van der Waals surface area contributed by atoms with E-state index < -0.39 is 0 Å². The third-order valence-electron chi connectivity index (χ3n) is 5.31. The minimum Gasteiger partial charge on any atom is -0.384 e. The van der Waals surface area contributed by atoms with Gasteiger partial charge in [-0.3, -0.25) is 4.99 Å². The number of hydrogen-bond acceptors (Lipinski definition) is 5. The summed E-state index contributed by atoms with van der Waals surface area (Å²) < 4.78 is 0. The highest BCUT2D eigenvalue weighted by Crippen LogP contribution is 2.40. The topological polar surface area (TPSA) is 43.2 Å². The van der Waals surface area contributed by atoms with E-state index in [4.69, 9.17) is 0 Å². The molecule has 5 nitrogen and oxygen atoms in total. The fraction of sp³-hybridized carbons (Fsp3) is 0.448. The number of allylic oxidation sites excluding steroid dienone is 4. The Hall–Kier alpha value is -2.57. The molecule has 0 aliphatic carbocycles. The maximum Gasteiger partial charge on any atom is 0.110 e. The average molecular weight is 498 g/mol. The van der Waals surface area contributed by atoms with Crippen LogP contribution in [0.25, 0.3) is 0 Å². The molecule has 0 aromatic heterocycles. The van der Waals surface area contributed by atoms with Gasteiger partial charge in [-0.25, -0.2) is 4.99 Å². The Morgan fingerprint density at radius 1 is 1.20 bits per heavy atom. The molecule has 6 heteroatoms. The van der Waals surface area contributed by atoms with Crippen molar-refractivity contribution in [2.45, 2.75) is 52.0 Å². The summed E-state index contributed by atoms with van der Waals surface area (Å²) in [6.45, 7) is 27.2. The van der Waals surface area contributed by atoms with Crippen molar-refractivity contribution < 1.29 is 0 Å². The van der Waals surface area contributed by atoms with E-state index in [9.17, 15) is 0 Å². The van der Waals surface area contributed by atoms with Crippen molar-refractivity contribution in [1.82, 2.24) is 15.1 Å². The molecule has 0 saturated heterocycles. The highest BCUT2D eigenvalue weighted by molar-refractivity contribution is 8.07. The van der Waals surface area contributed by atoms with Gasteiger partial charge >= 0.3 is 0 Å². The summed E-state index contributed by atoms with van der Waals surface area (Å²) in [6.07, 6.45) is 12.8. The maximum atomic E-state index is 4.64. The first-order valence-electron chi connectivity index (χ1n) is 12.0. The van der Waals surface area contributed by atoms with Crippen molar-refractivity contribution in [3.63, 3.8) is 0 Å².